The zero-order valence-corrected chi connectivity index (χ0v) is 14.7. The molecule has 8 heteroatoms. The third kappa shape index (κ3) is 5.16. The van der Waals surface area contributed by atoms with Gasteiger partial charge in [-0.1, -0.05) is 29.8 Å². The van der Waals surface area contributed by atoms with Gasteiger partial charge in [0, 0.05) is 6.54 Å². The van der Waals surface area contributed by atoms with E-state index < -0.39 is 29.1 Å². The molecule has 0 fully saturated rings. The van der Waals surface area contributed by atoms with Crippen molar-refractivity contribution in [3.8, 4) is 5.75 Å². The minimum atomic E-state index is -0.894. The van der Waals surface area contributed by atoms with Gasteiger partial charge in [-0.25, -0.2) is 8.78 Å². The van der Waals surface area contributed by atoms with Crippen LogP contribution in [0.4, 0.5) is 14.5 Å². The van der Waals surface area contributed by atoms with Crippen molar-refractivity contribution in [2.45, 2.75) is 6.92 Å². The van der Waals surface area contributed by atoms with Crippen molar-refractivity contribution >= 4 is 29.1 Å². The van der Waals surface area contributed by atoms with Gasteiger partial charge in [0.2, 0.25) is 5.91 Å². The molecular weight excluding hydrogens is 366 g/mol. The number of halogens is 3. The first kappa shape index (κ1) is 19.7. The molecule has 0 heterocycles. The van der Waals surface area contributed by atoms with Gasteiger partial charge in [0.1, 0.15) is 23.1 Å². The maximum Gasteiger partial charge on any atom is 0.260 e. The molecule has 2 aromatic carbocycles. The van der Waals surface area contributed by atoms with Gasteiger partial charge in [-0.05, 0) is 31.2 Å². The van der Waals surface area contributed by atoms with E-state index in [2.05, 4.69) is 5.32 Å². The van der Waals surface area contributed by atoms with E-state index in [9.17, 15) is 18.4 Å². The summed E-state index contributed by atoms with van der Waals surface area (Å²) < 4.78 is 32.5. The standard InChI is InChI=1S/C18H17ClF2N2O3/c1-2-23(17(25)11-26-15-9-4-3-6-12(15)19)10-16(24)22-18-13(20)7-5-8-14(18)21/h3-9H,2,10-11H2,1H3,(H,22,24). The van der Waals surface area contributed by atoms with Crippen molar-refractivity contribution in [2.24, 2.45) is 0 Å². The summed E-state index contributed by atoms with van der Waals surface area (Å²) in [6.45, 7) is 1.20. The number of para-hydroxylation sites is 2. The Morgan fingerprint density at radius 1 is 1.12 bits per heavy atom. The van der Waals surface area contributed by atoms with E-state index in [-0.39, 0.29) is 19.7 Å². The molecule has 2 rings (SSSR count). The van der Waals surface area contributed by atoms with Crippen LogP contribution in [0.1, 0.15) is 6.92 Å². The van der Waals surface area contributed by atoms with Gasteiger partial charge >= 0.3 is 0 Å². The lowest BCUT2D eigenvalue weighted by Crippen LogP contribution is -2.40. The number of hydrogen-bond acceptors (Lipinski definition) is 3. The fraction of sp³-hybridized carbons (Fsp3) is 0.222. The summed E-state index contributed by atoms with van der Waals surface area (Å²) in [5.41, 5.74) is -0.548. The second-order valence-electron chi connectivity index (χ2n) is 5.27. The topological polar surface area (TPSA) is 58.6 Å². The van der Waals surface area contributed by atoms with Gasteiger partial charge in [0.05, 0.1) is 11.6 Å². The van der Waals surface area contributed by atoms with Crippen LogP contribution in [0, 0.1) is 11.6 Å². The molecule has 0 spiro atoms. The highest BCUT2D eigenvalue weighted by Gasteiger charge is 2.18. The monoisotopic (exact) mass is 382 g/mol. The van der Waals surface area contributed by atoms with Gasteiger partial charge in [-0.3, -0.25) is 9.59 Å². The molecule has 0 aliphatic carbocycles. The van der Waals surface area contributed by atoms with Gasteiger partial charge in [0.15, 0.2) is 6.61 Å². The number of rotatable bonds is 7. The van der Waals surface area contributed by atoms with Crippen molar-refractivity contribution < 1.29 is 23.1 Å². The summed E-state index contributed by atoms with van der Waals surface area (Å²) in [7, 11) is 0. The van der Waals surface area contributed by atoms with Gasteiger partial charge in [0.25, 0.3) is 5.91 Å². The minimum Gasteiger partial charge on any atom is -0.482 e. The molecule has 0 saturated heterocycles. The smallest absolute Gasteiger partial charge is 0.260 e. The van der Waals surface area contributed by atoms with Crippen LogP contribution in [0.15, 0.2) is 42.5 Å². The van der Waals surface area contributed by atoms with Gasteiger partial charge < -0.3 is 15.0 Å². The fourth-order valence-corrected chi connectivity index (χ4v) is 2.33. The Kier molecular flexibility index (Phi) is 6.91. The summed E-state index contributed by atoms with van der Waals surface area (Å²) in [5.74, 6) is -2.63. The second-order valence-corrected chi connectivity index (χ2v) is 5.68. The highest BCUT2D eigenvalue weighted by atomic mass is 35.5. The zero-order chi connectivity index (χ0) is 19.1. The normalized spacial score (nSPS) is 10.3. The molecule has 0 bridgehead atoms. The quantitative estimate of drug-likeness (QED) is 0.797. The maximum atomic E-state index is 13.6. The molecular formula is C18H17ClF2N2O3. The SMILES string of the molecule is CCN(CC(=O)Nc1c(F)cccc1F)C(=O)COc1ccccc1Cl. The maximum absolute atomic E-state index is 13.6. The first-order valence-electron chi connectivity index (χ1n) is 7.81. The number of hydrogen-bond donors (Lipinski definition) is 1. The number of anilines is 1. The van der Waals surface area contributed by atoms with Crippen LogP contribution in [0.25, 0.3) is 0 Å². The molecule has 0 aliphatic heterocycles. The highest BCUT2D eigenvalue weighted by Crippen LogP contribution is 2.23. The predicted molar refractivity (Wildman–Crippen MR) is 94.2 cm³/mol. The second kappa shape index (κ2) is 9.15. The summed E-state index contributed by atoms with van der Waals surface area (Å²) in [5, 5.41) is 2.49. The van der Waals surface area contributed by atoms with Crippen LogP contribution in [-0.2, 0) is 9.59 Å². The minimum absolute atomic E-state index is 0.220. The molecule has 0 unspecified atom stereocenters. The molecule has 2 amide bonds. The largest absolute Gasteiger partial charge is 0.482 e. The van der Waals surface area contributed by atoms with E-state index in [0.717, 1.165) is 12.1 Å². The Morgan fingerprint density at radius 2 is 1.77 bits per heavy atom. The van der Waals surface area contributed by atoms with E-state index in [1.54, 1.807) is 31.2 Å². The first-order chi connectivity index (χ1) is 12.4. The number of amides is 2. The van der Waals surface area contributed by atoms with Crippen LogP contribution >= 0.6 is 11.6 Å². The predicted octanol–water partition coefficient (Wildman–Crippen LogP) is 3.48. The number of ether oxygens (including phenoxy) is 1. The molecule has 26 heavy (non-hydrogen) atoms. The van der Waals surface area contributed by atoms with Crippen LogP contribution in [0.3, 0.4) is 0 Å². The van der Waals surface area contributed by atoms with Crippen molar-refractivity contribution in [3.05, 3.63) is 59.1 Å². The molecule has 0 radical (unpaired) electrons. The zero-order valence-electron chi connectivity index (χ0n) is 14.0. The van der Waals surface area contributed by atoms with Gasteiger partial charge in [-0.2, -0.15) is 0 Å². The first-order valence-corrected chi connectivity index (χ1v) is 8.19. The van der Waals surface area contributed by atoms with Crippen molar-refractivity contribution in [3.63, 3.8) is 0 Å². The number of benzene rings is 2. The fourth-order valence-electron chi connectivity index (χ4n) is 2.14. The lowest BCUT2D eigenvalue weighted by Gasteiger charge is -2.20. The average molecular weight is 383 g/mol. The van der Waals surface area contributed by atoms with Crippen LogP contribution < -0.4 is 10.1 Å². The van der Waals surface area contributed by atoms with Crippen molar-refractivity contribution in [1.29, 1.82) is 0 Å². The van der Waals surface area contributed by atoms with E-state index in [0.29, 0.717) is 10.8 Å². The number of nitrogens with zero attached hydrogens (tertiary/aromatic N) is 1. The van der Waals surface area contributed by atoms with Crippen LogP contribution in [-0.4, -0.2) is 36.4 Å². The molecule has 0 saturated carbocycles. The Bertz CT molecular complexity index is 782. The van der Waals surface area contributed by atoms with E-state index in [1.807, 2.05) is 0 Å². The molecule has 0 aliphatic rings. The number of carbonyl (C=O) groups is 2. The van der Waals surface area contributed by atoms with E-state index in [1.165, 1.54) is 11.0 Å². The average Bonchev–Trinajstić information content (AvgIpc) is 2.62. The number of carbonyl (C=O) groups excluding carboxylic acids is 2. The Labute approximate surface area is 154 Å². The molecule has 138 valence electrons. The lowest BCUT2D eigenvalue weighted by atomic mass is 10.3. The lowest BCUT2D eigenvalue weighted by molar-refractivity contribution is -0.136. The Morgan fingerprint density at radius 3 is 2.38 bits per heavy atom. The van der Waals surface area contributed by atoms with E-state index >= 15 is 0 Å². The highest BCUT2D eigenvalue weighted by molar-refractivity contribution is 6.32. The van der Waals surface area contributed by atoms with E-state index in [4.69, 9.17) is 16.3 Å². The Balaban J connectivity index is 1.94. The number of nitrogens with one attached hydrogen (secondary N) is 1. The molecule has 2 aromatic rings. The van der Waals surface area contributed by atoms with Crippen LogP contribution in [0.5, 0.6) is 5.75 Å². The van der Waals surface area contributed by atoms with Crippen molar-refractivity contribution in [2.75, 3.05) is 25.0 Å². The molecule has 1 N–H and O–H groups in total. The third-order valence-corrected chi connectivity index (χ3v) is 3.80. The van der Waals surface area contributed by atoms with Crippen LogP contribution in [0.2, 0.25) is 5.02 Å². The summed E-state index contributed by atoms with van der Waals surface area (Å²) in [4.78, 5) is 25.4. The van der Waals surface area contributed by atoms with Gasteiger partial charge in [-0.15, -0.1) is 0 Å². The molecule has 5 nitrogen and oxygen atoms in total. The molecule has 0 atom stereocenters. The van der Waals surface area contributed by atoms with Crippen molar-refractivity contribution in [1.82, 2.24) is 4.90 Å². The molecule has 0 aromatic heterocycles. The summed E-state index contributed by atoms with van der Waals surface area (Å²) >= 11 is 5.94. The Hall–Kier alpha value is -2.67. The summed E-state index contributed by atoms with van der Waals surface area (Å²) in [6.07, 6.45) is 0. The third-order valence-electron chi connectivity index (χ3n) is 3.48. The number of likely N-dealkylation sites (N-methyl/N-ethyl adjacent to an activating group) is 1. The summed E-state index contributed by atoms with van der Waals surface area (Å²) in [6, 6.07) is 9.90.